The van der Waals surface area contributed by atoms with Crippen molar-refractivity contribution in [2.75, 3.05) is 0 Å². The van der Waals surface area contributed by atoms with Crippen molar-refractivity contribution >= 4 is 28.7 Å². The first-order valence-corrected chi connectivity index (χ1v) is 7.16. The zero-order valence-corrected chi connectivity index (χ0v) is 12.3. The van der Waals surface area contributed by atoms with E-state index in [1.165, 1.54) is 30.6 Å². The lowest BCUT2D eigenvalue weighted by atomic mass is 10.1. The summed E-state index contributed by atoms with van der Waals surface area (Å²) >= 11 is 1.12. The van der Waals surface area contributed by atoms with Crippen molar-refractivity contribution in [3.63, 3.8) is 0 Å². The van der Waals surface area contributed by atoms with E-state index in [2.05, 4.69) is 15.5 Å². The molecule has 0 aromatic carbocycles. The van der Waals surface area contributed by atoms with E-state index in [9.17, 15) is 22.8 Å². The number of hydrogen-bond donors (Lipinski definition) is 1. The van der Waals surface area contributed by atoms with E-state index in [0.717, 1.165) is 11.3 Å². The van der Waals surface area contributed by atoms with E-state index < -0.39 is 24.3 Å². The van der Waals surface area contributed by atoms with Crippen molar-refractivity contribution in [1.82, 2.24) is 10.4 Å². The maximum atomic E-state index is 12.4. The number of Topliss-reactive ketones (excluding diaryl/α,β-unsaturated/α-hetero) is 1. The van der Waals surface area contributed by atoms with E-state index in [-0.39, 0.29) is 11.3 Å². The third kappa shape index (κ3) is 4.71. The molecule has 0 unspecified atom stereocenters. The Labute approximate surface area is 132 Å². The molecular formula is C14H10F3N3O2S. The number of nitrogens with zero attached hydrogens (tertiary/aromatic N) is 2. The third-order valence-electron chi connectivity index (χ3n) is 2.68. The van der Waals surface area contributed by atoms with Crippen LogP contribution in [0.4, 0.5) is 13.2 Å². The molecule has 0 atom stereocenters. The van der Waals surface area contributed by atoms with Gasteiger partial charge >= 0.3 is 6.18 Å². The second kappa shape index (κ2) is 7.14. The largest absolute Gasteiger partial charge is 0.450 e. The van der Waals surface area contributed by atoms with Gasteiger partial charge in [-0.25, -0.2) is 5.43 Å². The number of carbonyl (C=O) groups excluding carboxylic acids is 2. The molecule has 23 heavy (non-hydrogen) atoms. The number of pyridine rings is 1. The molecule has 120 valence electrons. The lowest BCUT2D eigenvalue weighted by Gasteiger charge is -2.07. The zero-order chi connectivity index (χ0) is 16.9. The predicted octanol–water partition coefficient (Wildman–Crippen LogP) is 2.80. The number of alkyl halides is 3. The van der Waals surface area contributed by atoms with Gasteiger partial charge in [0, 0.05) is 18.0 Å². The summed E-state index contributed by atoms with van der Waals surface area (Å²) in [5.41, 5.74) is 2.25. The van der Waals surface area contributed by atoms with E-state index in [4.69, 9.17) is 0 Å². The molecule has 2 aromatic heterocycles. The van der Waals surface area contributed by atoms with Crippen LogP contribution in [0.2, 0.25) is 0 Å². The van der Waals surface area contributed by atoms with Crippen molar-refractivity contribution in [3.05, 3.63) is 52.5 Å². The zero-order valence-electron chi connectivity index (χ0n) is 11.5. The fraction of sp³-hybridized carbons (Fsp3) is 0.143. The summed E-state index contributed by atoms with van der Waals surface area (Å²) in [6.45, 7) is 0. The highest BCUT2D eigenvalue weighted by molar-refractivity contribution is 7.12. The van der Waals surface area contributed by atoms with Crippen LogP contribution in [0.1, 0.15) is 21.7 Å². The summed E-state index contributed by atoms with van der Waals surface area (Å²) in [5, 5.41) is 5.31. The van der Waals surface area contributed by atoms with Gasteiger partial charge in [-0.3, -0.25) is 14.6 Å². The van der Waals surface area contributed by atoms with Gasteiger partial charge in [-0.05, 0) is 23.6 Å². The van der Waals surface area contributed by atoms with Crippen LogP contribution in [0.3, 0.4) is 0 Å². The molecule has 2 rings (SSSR count). The maximum absolute atomic E-state index is 12.4. The first-order chi connectivity index (χ1) is 10.9. The second-order valence-electron chi connectivity index (χ2n) is 4.31. The fourth-order valence-electron chi connectivity index (χ4n) is 1.56. The van der Waals surface area contributed by atoms with Crippen LogP contribution < -0.4 is 5.43 Å². The van der Waals surface area contributed by atoms with Crippen molar-refractivity contribution in [3.8, 4) is 0 Å². The average Bonchev–Trinajstić information content (AvgIpc) is 3.05. The van der Waals surface area contributed by atoms with E-state index in [0.29, 0.717) is 4.88 Å². The smallest absolute Gasteiger partial charge is 0.289 e. The number of aromatic nitrogens is 1. The lowest BCUT2D eigenvalue weighted by molar-refractivity contribution is -0.169. The van der Waals surface area contributed by atoms with Gasteiger partial charge in [-0.2, -0.15) is 18.3 Å². The highest BCUT2D eigenvalue weighted by Gasteiger charge is 2.38. The van der Waals surface area contributed by atoms with Crippen molar-refractivity contribution in [2.45, 2.75) is 12.6 Å². The number of rotatable bonds is 5. The molecule has 5 nitrogen and oxygen atoms in total. The van der Waals surface area contributed by atoms with Crippen LogP contribution in [-0.4, -0.2) is 28.6 Å². The highest BCUT2D eigenvalue weighted by Crippen LogP contribution is 2.21. The minimum absolute atomic E-state index is 0.148. The molecule has 0 aliphatic carbocycles. The lowest BCUT2D eigenvalue weighted by Crippen LogP contribution is -2.27. The van der Waals surface area contributed by atoms with Gasteiger partial charge in [0.2, 0.25) is 5.78 Å². The van der Waals surface area contributed by atoms with E-state index in [1.54, 1.807) is 11.4 Å². The van der Waals surface area contributed by atoms with E-state index >= 15 is 0 Å². The Morgan fingerprint density at radius 3 is 2.48 bits per heavy atom. The Balaban J connectivity index is 2.17. The third-order valence-corrected chi connectivity index (χ3v) is 3.60. The van der Waals surface area contributed by atoms with Gasteiger partial charge in [0.1, 0.15) is 0 Å². The highest BCUT2D eigenvalue weighted by atomic mass is 32.1. The Bertz CT molecular complexity index is 713. The Kier molecular flexibility index (Phi) is 5.22. The second-order valence-corrected chi connectivity index (χ2v) is 5.26. The maximum Gasteiger partial charge on any atom is 0.450 e. The molecule has 9 heteroatoms. The predicted molar refractivity (Wildman–Crippen MR) is 78.2 cm³/mol. The summed E-state index contributed by atoms with van der Waals surface area (Å²) in [6, 6.07) is 5.98. The number of hydrazone groups is 1. The van der Waals surface area contributed by atoms with Crippen LogP contribution in [0.15, 0.2) is 47.1 Å². The van der Waals surface area contributed by atoms with Crippen LogP contribution in [0.25, 0.3) is 0 Å². The molecule has 1 amide bonds. The number of nitrogens with one attached hydrogen (secondary N) is 1. The minimum Gasteiger partial charge on any atom is -0.289 e. The van der Waals surface area contributed by atoms with Gasteiger partial charge in [0.05, 0.1) is 17.0 Å². The molecule has 0 fully saturated rings. The molecule has 0 aliphatic rings. The van der Waals surface area contributed by atoms with Gasteiger partial charge in [0.25, 0.3) is 5.91 Å². The fourth-order valence-corrected chi connectivity index (χ4v) is 2.28. The molecule has 0 spiro atoms. The summed E-state index contributed by atoms with van der Waals surface area (Å²) in [4.78, 5) is 27.1. The number of halogens is 3. The molecule has 0 bridgehead atoms. The minimum atomic E-state index is -4.95. The van der Waals surface area contributed by atoms with Crippen LogP contribution in [0, 0.1) is 0 Å². The molecule has 0 saturated heterocycles. The average molecular weight is 341 g/mol. The molecule has 2 heterocycles. The first-order valence-electron chi connectivity index (χ1n) is 6.29. The Hall–Kier alpha value is -2.55. The normalized spacial score (nSPS) is 12.0. The van der Waals surface area contributed by atoms with Crippen molar-refractivity contribution in [1.29, 1.82) is 0 Å². The summed E-state index contributed by atoms with van der Waals surface area (Å²) in [6.07, 6.45) is -3.11. The Morgan fingerprint density at radius 2 is 1.91 bits per heavy atom. The molecule has 0 aliphatic heterocycles. The van der Waals surface area contributed by atoms with Crippen molar-refractivity contribution < 1.29 is 22.8 Å². The molecule has 0 saturated carbocycles. The standard InChI is InChI=1S/C14H10F3N3O2S/c15-14(16,17)12(21)8-10(11-2-1-7-23-11)19-20-13(22)9-3-5-18-6-4-9/h1-7H,8H2,(H,20,22)/b19-10+. The molecule has 2 aromatic rings. The van der Waals surface area contributed by atoms with Gasteiger partial charge in [-0.15, -0.1) is 11.3 Å². The first kappa shape index (κ1) is 16.8. The van der Waals surface area contributed by atoms with Crippen LogP contribution >= 0.6 is 11.3 Å². The quantitative estimate of drug-likeness (QED) is 0.671. The monoisotopic (exact) mass is 341 g/mol. The SMILES string of the molecule is O=C(N/N=C(\CC(=O)C(F)(F)F)c1cccs1)c1ccncc1. The summed E-state index contributed by atoms with van der Waals surface area (Å²) in [7, 11) is 0. The van der Waals surface area contributed by atoms with Gasteiger partial charge < -0.3 is 0 Å². The summed E-state index contributed by atoms with van der Waals surface area (Å²) in [5.74, 6) is -2.54. The number of thiophene rings is 1. The molecular weight excluding hydrogens is 331 g/mol. The number of amides is 1. The van der Waals surface area contributed by atoms with Gasteiger partial charge in [-0.1, -0.05) is 6.07 Å². The van der Waals surface area contributed by atoms with E-state index in [1.807, 2.05) is 0 Å². The number of hydrogen-bond acceptors (Lipinski definition) is 5. The van der Waals surface area contributed by atoms with Gasteiger partial charge in [0.15, 0.2) is 0 Å². The Morgan fingerprint density at radius 1 is 1.22 bits per heavy atom. The summed E-state index contributed by atoms with van der Waals surface area (Å²) < 4.78 is 37.3. The molecule has 0 radical (unpaired) electrons. The molecule has 1 N–H and O–H groups in total. The van der Waals surface area contributed by atoms with Crippen molar-refractivity contribution in [2.24, 2.45) is 5.10 Å². The van der Waals surface area contributed by atoms with Crippen LogP contribution in [-0.2, 0) is 4.79 Å². The number of carbonyl (C=O) groups is 2. The number of ketones is 1. The van der Waals surface area contributed by atoms with Crippen LogP contribution in [0.5, 0.6) is 0 Å². The topological polar surface area (TPSA) is 71.4 Å².